The summed E-state index contributed by atoms with van der Waals surface area (Å²) in [5.74, 6) is -0.375. The van der Waals surface area contributed by atoms with Gasteiger partial charge in [0.1, 0.15) is 0 Å². The van der Waals surface area contributed by atoms with Crippen molar-refractivity contribution in [3.05, 3.63) is 50.3 Å². The van der Waals surface area contributed by atoms with Gasteiger partial charge in [-0.2, -0.15) is 0 Å². The molecule has 0 aliphatic carbocycles. The van der Waals surface area contributed by atoms with E-state index in [-0.39, 0.29) is 23.0 Å². The van der Waals surface area contributed by atoms with E-state index in [1.165, 1.54) is 24.1 Å². The van der Waals surface area contributed by atoms with Crippen LogP contribution in [0.4, 0.5) is 4.39 Å². The molecule has 1 aromatic heterocycles. The monoisotopic (exact) mass is 338 g/mol. The van der Waals surface area contributed by atoms with Gasteiger partial charge in [0, 0.05) is 37.6 Å². The van der Waals surface area contributed by atoms with E-state index < -0.39 is 5.82 Å². The predicted octanol–water partition coefficient (Wildman–Crippen LogP) is 2.41. The van der Waals surface area contributed by atoms with Crippen LogP contribution in [0.1, 0.15) is 17.7 Å². The van der Waals surface area contributed by atoms with Gasteiger partial charge in [0.25, 0.3) is 0 Å². The molecular formula is C16H19FN2O3S. The fourth-order valence-electron chi connectivity index (χ4n) is 2.24. The van der Waals surface area contributed by atoms with E-state index in [1.54, 1.807) is 23.1 Å². The number of halogens is 1. The third-order valence-electron chi connectivity index (χ3n) is 3.59. The second kappa shape index (κ2) is 7.41. The molecule has 0 aliphatic rings. The number of carbonyl (C=O) groups is 1. The summed E-state index contributed by atoms with van der Waals surface area (Å²) in [6.45, 7) is 2.50. The number of methoxy groups -OCH3 is 1. The summed E-state index contributed by atoms with van der Waals surface area (Å²) < 4.78 is 20.1. The molecule has 1 amide bonds. The second-order valence-corrected chi connectivity index (χ2v) is 6.08. The van der Waals surface area contributed by atoms with Gasteiger partial charge in [-0.3, -0.25) is 9.59 Å². The van der Waals surface area contributed by atoms with Crippen LogP contribution in [0.25, 0.3) is 0 Å². The molecule has 0 unspecified atom stereocenters. The number of hydrogen-bond donors (Lipinski definition) is 0. The maximum Gasteiger partial charge on any atom is 0.307 e. The maximum absolute atomic E-state index is 13.7. The second-order valence-electron chi connectivity index (χ2n) is 5.26. The Morgan fingerprint density at radius 2 is 2.17 bits per heavy atom. The van der Waals surface area contributed by atoms with Gasteiger partial charge in [0.15, 0.2) is 11.6 Å². The van der Waals surface area contributed by atoms with E-state index >= 15 is 0 Å². The summed E-state index contributed by atoms with van der Waals surface area (Å²) in [5, 5.41) is 1.77. The van der Waals surface area contributed by atoms with E-state index in [0.717, 1.165) is 17.0 Å². The lowest BCUT2D eigenvalue weighted by atomic mass is 10.2. The molecule has 23 heavy (non-hydrogen) atoms. The summed E-state index contributed by atoms with van der Waals surface area (Å²) in [7, 11) is 3.07. The molecule has 0 N–H and O–H groups in total. The van der Waals surface area contributed by atoms with Gasteiger partial charge in [0.05, 0.1) is 7.11 Å². The molecule has 0 spiro atoms. The van der Waals surface area contributed by atoms with Crippen LogP contribution < -0.4 is 9.61 Å². The van der Waals surface area contributed by atoms with Crippen molar-refractivity contribution in [1.82, 2.24) is 9.47 Å². The van der Waals surface area contributed by atoms with Gasteiger partial charge in [0.2, 0.25) is 5.91 Å². The molecule has 1 heterocycles. The Kier molecular flexibility index (Phi) is 5.54. The minimum atomic E-state index is -0.453. The van der Waals surface area contributed by atoms with Gasteiger partial charge in [-0.15, -0.1) is 0 Å². The van der Waals surface area contributed by atoms with Crippen molar-refractivity contribution in [3.63, 3.8) is 0 Å². The smallest absolute Gasteiger partial charge is 0.307 e. The van der Waals surface area contributed by atoms with Crippen LogP contribution in [0.3, 0.4) is 0 Å². The molecule has 5 nitrogen and oxygen atoms in total. The molecule has 124 valence electrons. The van der Waals surface area contributed by atoms with E-state index in [1.807, 2.05) is 6.92 Å². The van der Waals surface area contributed by atoms with Crippen LogP contribution in [0.2, 0.25) is 0 Å². The Morgan fingerprint density at radius 1 is 1.43 bits per heavy atom. The Hall–Kier alpha value is -2.15. The fourth-order valence-corrected chi connectivity index (χ4v) is 3.00. The van der Waals surface area contributed by atoms with Crippen molar-refractivity contribution in [2.24, 2.45) is 0 Å². The maximum atomic E-state index is 13.7. The highest BCUT2D eigenvalue weighted by atomic mass is 32.1. The number of nitrogens with zero attached hydrogens (tertiary/aromatic N) is 2. The molecule has 0 radical (unpaired) electrons. The summed E-state index contributed by atoms with van der Waals surface area (Å²) in [4.78, 5) is 25.2. The highest BCUT2D eigenvalue weighted by Crippen LogP contribution is 2.18. The highest BCUT2D eigenvalue weighted by molar-refractivity contribution is 7.07. The quantitative estimate of drug-likeness (QED) is 0.813. The van der Waals surface area contributed by atoms with E-state index in [9.17, 15) is 14.0 Å². The van der Waals surface area contributed by atoms with Gasteiger partial charge in [-0.05, 0) is 24.6 Å². The van der Waals surface area contributed by atoms with Crippen molar-refractivity contribution < 1.29 is 13.9 Å². The van der Waals surface area contributed by atoms with Gasteiger partial charge >= 0.3 is 4.87 Å². The number of hydrogen-bond acceptors (Lipinski definition) is 4. The lowest BCUT2D eigenvalue weighted by Crippen LogP contribution is -2.28. The molecule has 0 saturated heterocycles. The Bertz CT molecular complexity index is 754. The molecule has 0 bridgehead atoms. The molecule has 0 fully saturated rings. The first-order valence-electron chi connectivity index (χ1n) is 7.13. The van der Waals surface area contributed by atoms with Gasteiger partial charge < -0.3 is 14.2 Å². The van der Waals surface area contributed by atoms with Crippen molar-refractivity contribution in [2.45, 2.75) is 26.4 Å². The van der Waals surface area contributed by atoms with Crippen LogP contribution in [-0.2, 0) is 17.9 Å². The number of thiazole rings is 1. The van der Waals surface area contributed by atoms with Crippen LogP contribution in [0, 0.1) is 12.7 Å². The number of rotatable bonds is 6. The molecular weight excluding hydrogens is 319 g/mol. The Labute approximate surface area is 137 Å². The summed E-state index contributed by atoms with van der Waals surface area (Å²) in [5.41, 5.74) is 1.54. The first kappa shape index (κ1) is 17.2. The normalized spacial score (nSPS) is 10.6. The molecule has 0 saturated carbocycles. The molecule has 7 heteroatoms. The fraction of sp³-hybridized carbons (Fsp3) is 0.375. The third-order valence-corrected chi connectivity index (χ3v) is 4.47. The van der Waals surface area contributed by atoms with Crippen LogP contribution in [0.15, 0.2) is 28.4 Å². The predicted molar refractivity (Wildman–Crippen MR) is 87.4 cm³/mol. The van der Waals surface area contributed by atoms with E-state index in [0.29, 0.717) is 18.7 Å². The van der Waals surface area contributed by atoms with E-state index in [4.69, 9.17) is 4.74 Å². The molecule has 1 aromatic carbocycles. The topological polar surface area (TPSA) is 51.5 Å². The average molecular weight is 338 g/mol. The van der Waals surface area contributed by atoms with E-state index in [2.05, 4.69) is 0 Å². The van der Waals surface area contributed by atoms with Crippen molar-refractivity contribution in [3.8, 4) is 5.75 Å². The Morgan fingerprint density at radius 3 is 2.74 bits per heavy atom. The number of amides is 1. The third kappa shape index (κ3) is 4.19. The van der Waals surface area contributed by atoms with Crippen molar-refractivity contribution in [1.29, 1.82) is 0 Å². The first-order valence-corrected chi connectivity index (χ1v) is 8.01. The lowest BCUT2D eigenvalue weighted by Gasteiger charge is -2.18. The van der Waals surface area contributed by atoms with Crippen molar-refractivity contribution >= 4 is 17.2 Å². The summed E-state index contributed by atoms with van der Waals surface area (Å²) in [6, 6.07) is 4.62. The van der Waals surface area contributed by atoms with Crippen molar-refractivity contribution in [2.75, 3.05) is 14.2 Å². The minimum Gasteiger partial charge on any atom is -0.494 e. The average Bonchev–Trinajstić information content (AvgIpc) is 2.83. The zero-order valence-corrected chi connectivity index (χ0v) is 14.2. The van der Waals surface area contributed by atoms with Crippen LogP contribution >= 0.6 is 11.3 Å². The molecule has 0 aliphatic heterocycles. The Balaban J connectivity index is 1.95. The first-order chi connectivity index (χ1) is 10.9. The largest absolute Gasteiger partial charge is 0.494 e. The zero-order valence-electron chi connectivity index (χ0n) is 13.3. The highest BCUT2D eigenvalue weighted by Gasteiger charge is 2.12. The van der Waals surface area contributed by atoms with Crippen LogP contribution in [0.5, 0.6) is 5.75 Å². The number of aromatic nitrogens is 1. The summed E-state index contributed by atoms with van der Waals surface area (Å²) in [6.07, 6.45) is 0.229. The number of aryl methyl sites for hydroxylation is 1. The number of ether oxygens (including phenoxy) is 1. The van der Waals surface area contributed by atoms with Crippen LogP contribution in [-0.4, -0.2) is 29.5 Å². The number of carbonyl (C=O) groups excluding carboxylic acids is 1. The SMILES string of the molecule is COc1ccc(CN(C)C(=O)CCn2c(C)csc2=O)cc1F. The lowest BCUT2D eigenvalue weighted by molar-refractivity contribution is -0.130. The number of benzene rings is 1. The zero-order chi connectivity index (χ0) is 17.0. The summed E-state index contributed by atoms with van der Waals surface area (Å²) >= 11 is 1.13. The molecule has 2 aromatic rings. The molecule has 0 atom stereocenters. The molecule has 2 rings (SSSR count). The minimum absolute atomic E-state index is 0.0600. The van der Waals surface area contributed by atoms with Gasteiger partial charge in [-0.25, -0.2) is 4.39 Å². The standard InChI is InChI=1S/C16H19FN2O3S/c1-11-10-23-16(21)19(11)7-6-15(20)18(2)9-12-4-5-14(22-3)13(17)8-12/h4-5,8,10H,6-7,9H2,1-3H3. The van der Waals surface area contributed by atoms with Gasteiger partial charge in [-0.1, -0.05) is 17.4 Å².